The molecular formula is C24H29FN8O. The Bertz CT molecular complexity index is 1320. The second-order valence-corrected chi connectivity index (χ2v) is 9.64. The molecule has 2 aliphatic heterocycles. The van der Waals surface area contributed by atoms with Gasteiger partial charge in [-0.15, -0.1) is 0 Å². The summed E-state index contributed by atoms with van der Waals surface area (Å²) in [6.07, 6.45) is 1.96. The van der Waals surface area contributed by atoms with Crippen molar-refractivity contribution in [1.82, 2.24) is 29.2 Å². The topological polar surface area (TPSA) is 85.7 Å². The Balaban J connectivity index is 1.52. The third-order valence-corrected chi connectivity index (χ3v) is 7.22. The molecule has 0 N–H and O–H groups in total. The minimum Gasteiger partial charge on any atom is -0.362 e. The highest BCUT2D eigenvalue weighted by Crippen LogP contribution is 2.39. The summed E-state index contributed by atoms with van der Waals surface area (Å²) in [5.74, 6) is -0.359. The summed E-state index contributed by atoms with van der Waals surface area (Å²) < 4.78 is 18.2. The van der Waals surface area contributed by atoms with Crippen LogP contribution in [-0.4, -0.2) is 68.3 Å². The number of pyridine rings is 1. The maximum Gasteiger partial charge on any atom is 0.236 e. The van der Waals surface area contributed by atoms with E-state index in [1.165, 1.54) is 10.1 Å². The lowest BCUT2D eigenvalue weighted by Gasteiger charge is -2.39. The Hall–Kier alpha value is -3.45. The first-order chi connectivity index (χ1) is 16.2. The average molecular weight is 465 g/mol. The van der Waals surface area contributed by atoms with Crippen molar-refractivity contribution in [3.8, 4) is 6.07 Å². The number of rotatable bonds is 3. The quantitative estimate of drug-likeness (QED) is 0.592. The van der Waals surface area contributed by atoms with Crippen LogP contribution in [0.1, 0.15) is 55.5 Å². The molecule has 9 nitrogen and oxygen atoms in total. The summed E-state index contributed by atoms with van der Waals surface area (Å²) in [5, 5.41) is 18.5. The van der Waals surface area contributed by atoms with Gasteiger partial charge in [0.2, 0.25) is 5.91 Å². The molecule has 0 fully saturated rings. The van der Waals surface area contributed by atoms with Gasteiger partial charge in [0.05, 0.1) is 48.4 Å². The number of carbonyl (C=O) groups is 1. The number of amides is 1. The van der Waals surface area contributed by atoms with Crippen LogP contribution in [-0.2, 0) is 17.8 Å². The van der Waals surface area contributed by atoms with Gasteiger partial charge < -0.3 is 9.80 Å². The predicted molar refractivity (Wildman–Crippen MR) is 125 cm³/mol. The van der Waals surface area contributed by atoms with Gasteiger partial charge in [0.15, 0.2) is 5.82 Å². The van der Waals surface area contributed by atoms with Crippen molar-refractivity contribution < 1.29 is 9.18 Å². The van der Waals surface area contributed by atoms with Crippen molar-refractivity contribution in [3.05, 3.63) is 46.8 Å². The summed E-state index contributed by atoms with van der Waals surface area (Å²) >= 11 is 0. The highest BCUT2D eigenvalue weighted by atomic mass is 19.1. The van der Waals surface area contributed by atoms with Gasteiger partial charge in [0.25, 0.3) is 0 Å². The predicted octanol–water partition coefficient (Wildman–Crippen LogP) is 2.52. The second-order valence-electron chi connectivity index (χ2n) is 9.64. The molecule has 0 unspecified atom stereocenters. The molecule has 5 heterocycles. The fourth-order valence-corrected chi connectivity index (χ4v) is 5.37. The van der Waals surface area contributed by atoms with E-state index >= 15 is 0 Å². The highest BCUT2D eigenvalue weighted by Gasteiger charge is 2.38. The first-order valence-corrected chi connectivity index (χ1v) is 11.6. The van der Waals surface area contributed by atoms with Crippen molar-refractivity contribution in [2.24, 2.45) is 0 Å². The Morgan fingerprint density at radius 3 is 2.74 bits per heavy atom. The van der Waals surface area contributed by atoms with Crippen LogP contribution < -0.4 is 4.90 Å². The van der Waals surface area contributed by atoms with Gasteiger partial charge in [-0.3, -0.25) is 14.4 Å². The highest BCUT2D eigenvalue weighted by molar-refractivity contribution is 5.78. The molecule has 3 atom stereocenters. The van der Waals surface area contributed by atoms with Crippen LogP contribution in [0.3, 0.4) is 0 Å². The van der Waals surface area contributed by atoms with E-state index < -0.39 is 5.82 Å². The van der Waals surface area contributed by atoms with Crippen LogP contribution in [0.2, 0.25) is 0 Å². The number of hydrogen-bond acceptors (Lipinski definition) is 6. The largest absolute Gasteiger partial charge is 0.362 e. The molecule has 0 bridgehead atoms. The van der Waals surface area contributed by atoms with Gasteiger partial charge in [-0.1, -0.05) is 0 Å². The molecule has 34 heavy (non-hydrogen) atoms. The molecule has 2 aliphatic rings. The monoisotopic (exact) mass is 464 g/mol. The summed E-state index contributed by atoms with van der Waals surface area (Å²) in [5.41, 5.74) is 4.72. The molecule has 0 spiro atoms. The van der Waals surface area contributed by atoms with Gasteiger partial charge in [0.1, 0.15) is 17.3 Å². The zero-order chi connectivity index (χ0) is 24.3. The number of halogens is 1. The molecule has 0 aromatic carbocycles. The van der Waals surface area contributed by atoms with E-state index in [-0.39, 0.29) is 24.0 Å². The van der Waals surface area contributed by atoms with Crippen LogP contribution in [0.25, 0.3) is 5.52 Å². The van der Waals surface area contributed by atoms with E-state index in [9.17, 15) is 14.4 Å². The van der Waals surface area contributed by atoms with Crippen LogP contribution >= 0.6 is 0 Å². The standard InChI is InChI=1S/C24H29FN8O/c1-14-8-18-21-12-30(20-7-6-17(9-26)33-24(20)19(25)10-27-33)11-15(2)32(21)28-23(18)16(3)31(14)13-22(34)29(4)5/h6-7,10,14-16H,8,11-13H2,1-5H3/t14-,15+,16+/m0/s1. The van der Waals surface area contributed by atoms with Gasteiger partial charge >= 0.3 is 0 Å². The first-order valence-electron chi connectivity index (χ1n) is 11.6. The van der Waals surface area contributed by atoms with Crippen molar-refractivity contribution in [2.75, 3.05) is 32.1 Å². The van der Waals surface area contributed by atoms with Crippen molar-refractivity contribution in [2.45, 2.75) is 51.9 Å². The normalized spacial score (nSPS) is 22.4. The van der Waals surface area contributed by atoms with Gasteiger partial charge in [-0.2, -0.15) is 15.5 Å². The summed E-state index contributed by atoms with van der Waals surface area (Å²) in [6, 6.07) is 5.87. The van der Waals surface area contributed by atoms with Crippen LogP contribution in [0.15, 0.2) is 18.3 Å². The lowest BCUT2D eigenvalue weighted by molar-refractivity contribution is -0.131. The first kappa shape index (κ1) is 22.3. The molecule has 3 aromatic rings. The van der Waals surface area contributed by atoms with E-state index in [1.54, 1.807) is 25.1 Å². The molecule has 0 saturated carbocycles. The fraction of sp³-hybridized carbons (Fsp3) is 0.500. The molecule has 0 saturated heterocycles. The summed E-state index contributed by atoms with van der Waals surface area (Å²) in [6.45, 7) is 8.00. The van der Waals surface area contributed by atoms with E-state index in [0.29, 0.717) is 30.8 Å². The summed E-state index contributed by atoms with van der Waals surface area (Å²) in [7, 11) is 3.56. The zero-order valence-electron chi connectivity index (χ0n) is 20.2. The van der Waals surface area contributed by atoms with E-state index in [1.807, 2.05) is 6.07 Å². The Morgan fingerprint density at radius 1 is 1.26 bits per heavy atom. The number of aromatic nitrogens is 4. The van der Waals surface area contributed by atoms with Crippen molar-refractivity contribution >= 4 is 17.1 Å². The molecule has 178 valence electrons. The number of nitrogens with zero attached hydrogens (tertiary/aromatic N) is 8. The molecule has 5 rings (SSSR count). The number of anilines is 1. The van der Waals surface area contributed by atoms with Gasteiger partial charge in [0, 0.05) is 32.2 Å². The van der Waals surface area contributed by atoms with Gasteiger partial charge in [-0.05, 0) is 39.3 Å². The molecule has 0 radical (unpaired) electrons. The van der Waals surface area contributed by atoms with Gasteiger partial charge in [-0.25, -0.2) is 8.91 Å². The van der Waals surface area contributed by atoms with E-state index in [0.717, 1.165) is 29.7 Å². The Morgan fingerprint density at radius 2 is 2.03 bits per heavy atom. The second kappa shape index (κ2) is 8.09. The lowest BCUT2D eigenvalue weighted by atomic mass is 9.92. The van der Waals surface area contributed by atoms with E-state index in [2.05, 4.69) is 46.4 Å². The zero-order valence-corrected chi connectivity index (χ0v) is 20.2. The van der Waals surface area contributed by atoms with Crippen LogP contribution in [0, 0.1) is 17.1 Å². The smallest absolute Gasteiger partial charge is 0.236 e. The average Bonchev–Trinajstić information content (AvgIpc) is 3.37. The van der Waals surface area contributed by atoms with Crippen LogP contribution in [0.5, 0.6) is 0 Å². The van der Waals surface area contributed by atoms with Crippen molar-refractivity contribution in [3.63, 3.8) is 0 Å². The number of nitriles is 1. The summed E-state index contributed by atoms with van der Waals surface area (Å²) in [4.78, 5) is 18.4. The third kappa shape index (κ3) is 3.34. The fourth-order valence-electron chi connectivity index (χ4n) is 5.37. The van der Waals surface area contributed by atoms with Crippen molar-refractivity contribution in [1.29, 1.82) is 5.26 Å². The molecule has 3 aromatic heterocycles. The third-order valence-electron chi connectivity index (χ3n) is 7.22. The molecule has 1 amide bonds. The maximum atomic E-state index is 14.7. The number of carbonyl (C=O) groups excluding carboxylic acids is 1. The number of likely N-dealkylation sites (N-methyl/N-ethyl adjacent to an activating group) is 1. The Kier molecular flexibility index (Phi) is 5.32. The maximum absolute atomic E-state index is 14.7. The van der Waals surface area contributed by atoms with Crippen LogP contribution in [0.4, 0.5) is 10.1 Å². The minimum absolute atomic E-state index is 0.0234. The lowest BCUT2D eigenvalue weighted by Crippen LogP contribution is -2.46. The molecule has 0 aliphatic carbocycles. The number of fused-ring (bicyclic) bond motifs is 4. The minimum atomic E-state index is -0.440. The molecular weight excluding hydrogens is 435 g/mol. The number of hydrogen-bond donors (Lipinski definition) is 0. The molecule has 10 heteroatoms. The Labute approximate surface area is 197 Å². The SMILES string of the molecule is C[C@@H]1c2nn3c(c2C[C@H](C)N1CC(=O)N(C)C)CN(c1ccc(C#N)n2ncc(F)c12)C[C@H]3C. The van der Waals surface area contributed by atoms with E-state index in [4.69, 9.17) is 5.10 Å².